The van der Waals surface area contributed by atoms with Crippen molar-refractivity contribution in [2.45, 2.75) is 57.2 Å². The quantitative estimate of drug-likeness (QED) is 0.328. The van der Waals surface area contributed by atoms with Crippen molar-refractivity contribution in [3.8, 4) is 16.9 Å². The molecule has 0 heterocycles. The second-order valence-corrected chi connectivity index (χ2v) is 8.76. The number of rotatable bonds is 5. The first-order chi connectivity index (χ1) is 15.2. The van der Waals surface area contributed by atoms with Crippen LogP contribution in [0.15, 0.2) is 36.9 Å². The fourth-order valence-corrected chi connectivity index (χ4v) is 5.43. The number of benzene rings is 2. The van der Waals surface area contributed by atoms with E-state index in [1.165, 1.54) is 6.07 Å². The number of halogens is 6. The third-order valence-corrected chi connectivity index (χ3v) is 6.83. The van der Waals surface area contributed by atoms with Gasteiger partial charge >= 0.3 is 6.36 Å². The van der Waals surface area contributed by atoms with Crippen LogP contribution >= 0.6 is 0 Å². The molecule has 2 aliphatic rings. The Balaban J connectivity index is 1.63. The second kappa shape index (κ2) is 8.83. The van der Waals surface area contributed by atoms with Crippen LogP contribution in [0.4, 0.5) is 26.3 Å². The summed E-state index contributed by atoms with van der Waals surface area (Å²) in [5.74, 6) is -2.89. The first-order valence-corrected chi connectivity index (χ1v) is 10.8. The molecule has 0 radical (unpaired) electrons. The molecule has 3 atom stereocenters. The van der Waals surface area contributed by atoms with E-state index in [1.807, 2.05) is 6.08 Å². The van der Waals surface area contributed by atoms with Crippen molar-refractivity contribution in [1.82, 2.24) is 0 Å². The first-order valence-electron chi connectivity index (χ1n) is 10.8. The molecule has 1 fully saturated rings. The highest BCUT2D eigenvalue weighted by molar-refractivity contribution is 5.68. The van der Waals surface area contributed by atoms with Gasteiger partial charge in [0.25, 0.3) is 0 Å². The third kappa shape index (κ3) is 4.52. The molecule has 0 N–H and O–H groups in total. The van der Waals surface area contributed by atoms with Crippen molar-refractivity contribution < 1.29 is 31.1 Å². The van der Waals surface area contributed by atoms with Crippen LogP contribution in [0.3, 0.4) is 0 Å². The summed E-state index contributed by atoms with van der Waals surface area (Å²) in [5, 5.41) is 0. The number of allylic oxidation sites excluding steroid dienone is 1. The van der Waals surface area contributed by atoms with E-state index in [1.54, 1.807) is 0 Å². The summed E-state index contributed by atoms with van der Waals surface area (Å²) in [6.45, 7) is 3.77. The molecule has 1 saturated carbocycles. The lowest BCUT2D eigenvalue weighted by molar-refractivity contribution is -0.275. The van der Waals surface area contributed by atoms with Gasteiger partial charge in [0.05, 0.1) is 5.56 Å². The molecule has 2 aliphatic carbocycles. The second-order valence-electron chi connectivity index (χ2n) is 8.76. The van der Waals surface area contributed by atoms with E-state index in [9.17, 15) is 17.6 Å². The Morgan fingerprint density at radius 1 is 1.03 bits per heavy atom. The van der Waals surface area contributed by atoms with Crippen LogP contribution in [0.1, 0.15) is 55.6 Å². The molecule has 172 valence electrons. The van der Waals surface area contributed by atoms with Gasteiger partial charge in [-0.05, 0) is 97.6 Å². The standard InChI is InChI=1S/C25H24F6O/c1-2-3-4-14-5-8-17-15(11-14)6-9-18-19(17)13-21(27)23(24(18)28)16-7-10-22(20(26)12-16)32-25(29,30)31/h2,7,10,12-15,17H,1,3-6,8-9,11H2/t14-,15-,17+/m1/s1. The molecule has 0 unspecified atom stereocenters. The molecule has 0 spiro atoms. The minimum atomic E-state index is -5.06. The average molecular weight is 454 g/mol. The summed E-state index contributed by atoms with van der Waals surface area (Å²) in [6.07, 6.45) is 3.08. The maximum absolute atomic E-state index is 15.4. The summed E-state index contributed by atoms with van der Waals surface area (Å²) in [7, 11) is 0. The molecule has 0 aliphatic heterocycles. The van der Waals surface area contributed by atoms with Crippen molar-refractivity contribution in [2.24, 2.45) is 11.8 Å². The zero-order valence-electron chi connectivity index (χ0n) is 17.5. The molecule has 1 nitrogen and oxygen atoms in total. The van der Waals surface area contributed by atoms with Crippen molar-refractivity contribution in [2.75, 3.05) is 0 Å². The predicted molar refractivity (Wildman–Crippen MR) is 110 cm³/mol. The summed E-state index contributed by atoms with van der Waals surface area (Å²) in [5.41, 5.74) is 0.535. The molecule has 2 aromatic rings. The van der Waals surface area contributed by atoms with Gasteiger partial charge in [-0.2, -0.15) is 0 Å². The van der Waals surface area contributed by atoms with Crippen LogP contribution in [-0.2, 0) is 6.42 Å². The number of hydrogen-bond donors (Lipinski definition) is 0. The first kappa shape index (κ1) is 22.7. The smallest absolute Gasteiger partial charge is 0.403 e. The SMILES string of the molecule is C=CCC[C@@H]1CC[C@@H]2c3cc(F)c(-c4ccc(OC(F)(F)F)c(F)c4)c(F)c3CC[C@@H]2C1. The van der Waals surface area contributed by atoms with Crippen molar-refractivity contribution in [1.29, 1.82) is 0 Å². The molecule has 4 rings (SSSR count). The van der Waals surface area contributed by atoms with Crippen LogP contribution in [0.25, 0.3) is 11.1 Å². The molecule has 0 saturated heterocycles. The number of ether oxygens (including phenoxy) is 1. The van der Waals surface area contributed by atoms with Crippen molar-refractivity contribution in [3.05, 3.63) is 65.5 Å². The Morgan fingerprint density at radius 2 is 1.81 bits per heavy atom. The van der Waals surface area contributed by atoms with E-state index >= 15 is 8.78 Å². The summed E-state index contributed by atoms with van der Waals surface area (Å²) in [6, 6.07) is 3.78. The monoisotopic (exact) mass is 454 g/mol. The fraction of sp³-hybridized carbons (Fsp3) is 0.440. The number of fused-ring (bicyclic) bond motifs is 3. The molecule has 32 heavy (non-hydrogen) atoms. The summed E-state index contributed by atoms with van der Waals surface area (Å²) in [4.78, 5) is 0. The summed E-state index contributed by atoms with van der Waals surface area (Å²) >= 11 is 0. The van der Waals surface area contributed by atoms with Gasteiger partial charge in [-0.15, -0.1) is 19.8 Å². The average Bonchev–Trinajstić information content (AvgIpc) is 2.73. The minimum Gasteiger partial charge on any atom is -0.403 e. The van der Waals surface area contributed by atoms with Gasteiger partial charge in [0.1, 0.15) is 11.6 Å². The minimum absolute atomic E-state index is 0.0936. The van der Waals surface area contributed by atoms with Gasteiger partial charge in [0, 0.05) is 0 Å². The molecule has 0 bridgehead atoms. The van der Waals surface area contributed by atoms with Crippen LogP contribution in [0, 0.1) is 29.3 Å². The van der Waals surface area contributed by atoms with Gasteiger partial charge in [0.2, 0.25) is 0 Å². The van der Waals surface area contributed by atoms with E-state index in [4.69, 9.17) is 0 Å². The lowest BCUT2D eigenvalue weighted by Gasteiger charge is -2.41. The van der Waals surface area contributed by atoms with Crippen LogP contribution in [0.2, 0.25) is 0 Å². The van der Waals surface area contributed by atoms with Crippen molar-refractivity contribution >= 4 is 0 Å². The lowest BCUT2D eigenvalue weighted by atomic mass is 9.64. The molecular weight excluding hydrogens is 430 g/mol. The normalized spacial score (nSPS) is 22.8. The van der Waals surface area contributed by atoms with Crippen LogP contribution in [0.5, 0.6) is 5.75 Å². The van der Waals surface area contributed by atoms with E-state index in [2.05, 4.69) is 11.3 Å². The highest BCUT2D eigenvalue weighted by Crippen LogP contribution is 2.49. The summed E-state index contributed by atoms with van der Waals surface area (Å²) < 4.78 is 85.3. The van der Waals surface area contributed by atoms with Gasteiger partial charge in [-0.3, -0.25) is 0 Å². The zero-order chi connectivity index (χ0) is 23.0. The third-order valence-electron chi connectivity index (χ3n) is 6.83. The topological polar surface area (TPSA) is 9.23 Å². The van der Waals surface area contributed by atoms with Crippen molar-refractivity contribution in [3.63, 3.8) is 0 Å². The number of alkyl halides is 3. The van der Waals surface area contributed by atoms with Crippen LogP contribution < -0.4 is 4.74 Å². The molecule has 0 amide bonds. The molecule has 2 aromatic carbocycles. The fourth-order valence-electron chi connectivity index (χ4n) is 5.43. The predicted octanol–water partition coefficient (Wildman–Crippen LogP) is 8.08. The Bertz CT molecular complexity index is 1010. The maximum Gasteiger partial charge on any atom is 0.573 e. The number of hydrogen-bond acceptors (Lipinski definition) is 1. The lowest BCUT2D eigenvalue weighted by Crippen LogP contribution is -2.29. The molecular formula is C25H24F6O. The molecule has 0 aromatic heterocycles. The zero-order valence-corrected chi connectivity index (χ0v) is 17.5. The van der Waals surface area contributed by atoms with E-state index in [0.717, 1.165) is 50.7 Å². The van der Waals surface area contributed by atoms with E-state index < -0.39 is 35.1 Å². The van der Waals surface area contributed by atoms with Gasteiger partial charge in [-0.1, -0.05) is 12.1 Å². The van der Waals surface area contributed by atoms with Gasteiger partial charge in [-0.25, -0.2) is 13.2 Å². The van der Waals surface area contributed by atoms with Crippen LogP contribution in [-0.4, -0.2) is 6.36 Å². The largest absolute Gasteiger partial charge is 0.573 e. The highest BCUT2D eigenvalue weighted by Gasteiger charge is 2.37. The van der Waals surface area contributed by atoms with Gasteiger partial charge in [0.15, 0.2) is 11.6 Å². The highest BCUT2D eigenvalue weighted by atomic mass is 19.4. The Hall–Kier alpha value is -2.44. The Kier molecular flexibility index (Phi) is 6.28. The Morgan fingerprint density at radius 3 is 2.50 bits per heavy atom. The van der Waals surface area contributed by atoms with E-state index in [0.29, 0.717) is 35.4 Å². The van der Waals surface area contributed by atoms with Gasteiger partial charge < -0.3 is 4.74 Å². The molecule has 7 heteroatoms. The van der Waals surface area contributed by atoms with E-state index in [-0.39, 0.29) is 11.5 Å². The maximum atomic E-state index is 15.4. The Labute approximate surface area is 183 Å².